The van der Waals surface area contributed by atoms with Crippen LogP contribution in [0.1, 0.15) is 6.92 Å². The molecule has 0 amide bonds. The number of methoxy groups -OCH3 is 1. The number of nitrogen functional groups attached to an aromatic ring is 1. The number of ether oxygens (including phenoxy) is 1. The number of rotatable bonds is 6. The maximum absolute atomic E-state index is 11.6. The third-order valence-corrected chi connectivity index (χ3v) is 4.74. The fraction of sp³-hybridized carbons (Fsp3) is 0.417. The lowest BCUT2D eigenvalue weighted by Crippen LogP contribution is -2.16. The molecule has 0 aliphatic rings. The Balaban J connectivity index is 2.33. The number of aryl methyl sites for hydroxylation is 1. The number of tetrazole rings is 1. The van der Waals surface area contributed by atoms with Crippen LogP contribution in [0.15, 0.2) is 18.2 Å². The summed E-state index contributed by atoms with van der Waals surface area (Å²) in [6, 6.07) is 5.11. The fourth-order valence-electron chi connectivity index (χ4n) is 1.81. The maximum Gasteiger partial charge on any atom is 0.185 e. The molecule has 1 aromatic heterocycles. The van der Waals surface area contributed by atoms with Crippen LogP contribution in [-0.4, -0.2) is 47.2 Å². The number of aromatic nitrogens is 4. The van der Waals surface area contributed by atoms with Gasteiger partial charge in [0.2, 0.25) is 0 Å². The van der Waals surface area contributed by atoms with Gasteiger partial charge in [-0.3, -0.25) is 0 Å². The molecule has 9 heteroatoms. The zero-order valence-electron chi connectivity index (χ0n) is 11.9. The molecule has 0 saturated heterocycles. The molecule has 114 valence electrons. The second-order valence-electron chi connectivity index (χ2n) is 4.42. The largest absolute Gasteiger partial charge is 0.496 e. The van der Waals surface area contributed by atoms with Crippen LogP contribution < -0.4 is 10.5 Å². The van der Waals surface area contributed by atoms with Crippen LogP contribution >= 0.6 is 0 Å². The fourth-order valence-corrected chi connectivity index (χ4v) is 2.55. The maximum atomic E-state index is 11.6. The Morgan fingerprint density at radius 3 is 2.81 bits per heavy atom. The highest BCUT2D eigenvalue weighted by Gasteiger charge is 2.16. The van der Waals surface area contributed by atoms with Gasteiger partial charge in [-0.1, -0.05) is 6.92 Å². The third kappa shape index (κ3) is 3.48. The Morgan fingerprint density at radius 2 is 2.14 bits per heavy atom. The average molecular weight is 311 g/mol. The van der Waals surface area contributed by atoms with Crippen molar-refractivity contribution in [2.24, 2.45) is 0 Å². The molecule has 0 radical (unpaired) electrons. The number of nitrogens with two attached hydrogens (primary N) is 1. The van der Waals surface area contributed by atoms with E-state index < -0.39 is 9.84 Å². The predicted molar refractivity (Wildman–Crippen MR) is 78.5 cm³/mol. The van der Waals surface area contributed by atoms with E-state index in [0.717, 1.165) is 0 Å². The standard InChI is InChI=1S/C12H17N5O3S/c1-3-21(18,19)7-6-17-12(14-15-16-17)10-5-4-9(13)8-11(10)20-2/h4-5,8H,3,6-7,13H2,1-2H3. The molecule has 1 aromatic carbocycles. The Morgan fingerprint density at radius 1 is 1.38 bits per heavy atom. The zero-order chi connectivity index (χ0) is 15.5. The van der Waals surface area contributed by atoms with E-state index in [-0.39, 0.29) is 18.1 Å². The summed E-state index contributed by atoms with van der Waals surface area (Å²) in [5.41, 5.74) is 6.93. The number of hydrogen-bond donors (Lipinski definition) is 1. The van der Waals surface area contributed by atoms with Crippen molar-refractivity contribution in [1.29, 1.82) is 0 Å². The molecule has 2 rings (SSSR count). The quantitative estimate of drug-likeness (QED) is 0.766. The van der Waals surface area contributed by atoms with Crippen LogP contribution in [0.4, 0.5) is 5.69 Å². The van der Waals surface area contributed by atoms with Crippen molar-refractivity contribution < 1.29 is 13.2 Å². The molecule has 0 aliphatic carbocycles. The highest BCUT2D eigenvalue weighted by atomic mass is 32.2. The van der Waals surface area contributed by atoms with E-state index in [4.69, 9.17) is 10.5 Å². The van der Waals surface area contributed by atoms with Crippen molar-refractivity contribution in [3.63, 3.8) is 0 Å². The topological polar surface area (TPSA) is 113 Å². The molecule has 0 spiro atoms. The van der Waals surface area contributed by atoms with Crippen molar-refractivity contribution in [3.05, 3.63) is 18.2 Å². The van der Waals surface area contributed by atoms with Gasteiger partial charge in [-0.2, -0.15) is 0 Å². The number of benzene rings is 1. The Hall–Kier alpha value is -2.16. The van der Waals surface area contributed by atoms with Crippen LogP contribution in [0, 0.1) is 0 Å². The van der Waals surface area contributed by atoms with Crippen molar-refractivity contribution in [1.82, 2.24) is 20.2 Å². The van der Waals surface area contributed by atoms with E-state index in [0.29, 0.717) is 22.8 Å². The summed E-state index contributed by atoms with van der Waals surface area (Å²) < 4.78 is 29.9. The number of anilines is 1. The van der Waals surface area contributed by atoms with Gasteiger partial charge in [-0.25, -0.2) is 13.1 Å². The van der Waals surface area contributed by atoms with Crippen molar-refractivity contribution in [2.45, 2.75) is 13.5 Å². The van der Waals surface area contributed by atoms with Gasteiger partial charge in [-0.05, 0) is 22.6 Å². The number of sulfone groups is 1. The van der Waals surface area contributed by atoms with Crippen LogP contribution in [-0.2, 0) is 16.4 Å². The van der Waals surface area contributed by atoms with E-state index in [2.05, 4.69) is 15.5 Å². The van der Waals surface area contributed by atoms with Crippen LogP contribution in [0.3, 0.4) is 0 Å². The SMILES string of the molecule is CCS(=O)(=O)CCn1nnnc1-c1ccc(N)cc1OC. The second-order valence-corrected chi connectivity index (χ2v) is 6.89. The molecular formula is C12H17N5O3S. The summed E-state index contributed by atoms with van der Waals surface area (Å²) in [5.74, 6) is 1.05. The van der Waals surface area contributed by atoms with Crippen molar-refractivity contribution in [3.8, 4) is 17.1 Å². The third-order valence-electron chi connectivity index (χ3n) is 3.05. The first kappa shape index (κ1) is 15.2. The minimum absolute atomic E-state index is 0.0151. The van der Waals surface area contributed by atoms with Gasteiger partial charge >= 0.3 is 0 Å². The molecule has 0 saturated carbocycles. The lowest BCUT2D eigenvalue weighted by Gasteiger charge is -2.09. The summed E-state index contributed by atoms with van der Waals surface area (Å²) in [7, 11) is -1.56. The Kier molecular flexibility index (Phi) is 4.41. The van der Waals surface area contributed by atoms with Gasteiger partial charge in [0.05, 0.1) is 25.0 Å². The minimum Gasteiger partial charge on any atom is -0.496 e. The predicted octanol–water partition coefficient (Wildman–Crippen LogP) is 0.366. The van der Waals surface area contributed by atoms with E-state index in [9.17, 15) is 8.42 Å². The first-order valence-corrected chi connectivity index (χ1v) is 8.19. The molecule has 0 unspecified atom stereocenters. The molecule has 21 heavy (non-hydrogen) atoms. The first-order chi connectivity index (χ1) is 9.96. The van der Waals surface area contributed by atoms with Crippen LogP contribution in [0.2, 0.25) is 0 Å². The van der Waals surface area contributed by atoms with E-state index in [1.807, 2.05) is 0 Å². The zero-order valence-corrected chi connectivity index (χ0v) is 12.7. The summed E-state index contributed by atoms with van der Waals surface area (Å²) >= 11 is 0. The van der Waals surface area contributed by atoms with E-state index >= 15 is 0 Å². The molecule has 0 bridgehead atoms. The van der Waals surface area contributed by atoms with Gasteiger partial charge in [0, 0.05) is 17.5 Å². The number of nitrogens with zero attached hydrogens (tertiary/aromatic N) is 4. The second kappa shape index (κ2) is 6.08. The molecule has 8 nitrogen and oxygen atoms in total. The van der Waals surface area contributed by atoms with Crippen molar-refractivity contribution >= 4 is 15.5 Å². The molecule has 2 N–H and O–H groups in total. The van der Waals surface area contributed by atoms with Gasteiger partial charge in [0.15, 0.2) is 15.7 Å². The van der Waals surface area contributed by atoms with E-state index in [1.165, 1.54) is 11.8 Å². The summed E-state index contributed by atoms with van der Waals surface area (Å²) in [4.78, 5) is 0. The van der Waals surface area contributed by atoms with Gasteiger partial charge < -0.3 is 10.5 Å². The minimum atomic E-state index is -3.08. The first-order valence-electron chi connectivity index (χ1n) is 6.37. The Bertz CT molecular complexity index is 726. The smallest absolute Gasteiger partial charge is 0.185 e. The van der Waals surface area contributed by atoms with Crippen molar-refractivity contribution in [2.75, 3.05) is 24.3 Å². The summed E-state index contributed by atoms with van der Waals surface area (Å²) in [6.07, 6.45) is 0. The van der Waals surface area contributed by atoms with Crippen LogP contribution in [0.25, 0.3) is 11.4 Å². The molecular weight excluding hydrogens is 294 g/mol. The number of hydrogen-bond acceptors (Lipinski definition) is 7. The lowest BCUT2D eigenvalue weighted by molar-refractivity contribution is 0.416. The van der Waals surface area contributed by atoms with Gasteiger partial charge in [-0.15, -0.1) is 5.10 Å². The highest BCUT2D eigenvalue weighted by molar-refractivity contribution is 7.91. The normalized spacial score (nSPS) is 11.5. The monoisotopic (exact) mass is 311 g/mol. The summed E-state index contributed by atoms with van der Waals surface area (Å²) in [6.45, 7) is 1.80. The average Bonchev–Trinajstić information content (AvgIpc) is 2.93. The molecule has 1 heterocycles. The Labute approximate surface area is 122 Å². The molecule has 0 aliphatic heterocycles. The lowest BCUT2D eigenvalue weighted by atomic mass is 10.1. The van der Waals surface area contributed by atoms with E-state index in [1.54, 1.807) is 25.1 Å². The highest BCUT2D eigenvalue weighted by Crippen LogP contribution is 2.29. The molecule has 0 atom stereocenters. The molecule has 2 aromatic rings. The summed E-state index contributed by atoms with van der Waals surface area (Å²) in [5, 5.41) is 11.4. The molecule has 0 fully saturated rings. The van der Waals surface area contributed by atoms with Gasteiger partial charge in [0.25, 0.3) is 0 Å². The van der Waals surface area contributed by atoms with Crippen LogP contribution in [0.5, 0.6) is 5.75 Å². The van der Waals surface area contributed by atoms with Gasteiger partial charge in [0.1, 0.15) is 5.75 Å².